The van der Waals surface area contributed by atoms with Gasteiger partial charge in [0.25, 0.3) is 11.8 Å². The summed E-state index contributed by atoms with van der Waals surface area (Å²) in [4.78, 5) is 27.1. The molecule has 0 aliphatic heterocycles. The van der Waals surface area contributed by atoms with Crippen LogP contribution >= 0.6 is 11.3 Å². The Balaban J connectivity index is 1.78. The smallest absolute Gasteiger partial charge is 0.342 e. The first-order chi connectivity index (χ1) is 12.7. The molecule has 27 heavy (non-hydrogen) atoms. The number of amides is 2. The summed E-state index contributed by atoms with van der Waals surface area (Å²) >= 11 is 1.02. The first-order valence-corrected chi connectivity index (χ1v) is 8.41. The number of hydrogen-bond donors (Lipinski definition) is 2. The highest BCUT2D eigenvalue weighted by molar-refractivity contribution is 7.12. The molecule has 0 aliphatic rings. The van der Waals surface area contributed by atoms with E-state index in [0.717, 1.165) is 11.3 Å². The Morgan fingerprint density at radius 3 is 2.67 bits per heavy atom. The lowest BCUT2D eigenvalue weighted by atomic mass is 10.1. The minimum atomic E-state index is -4.47. The van der Waals surface area contributed by atoms with E-state index in [1.165, 1.54) is 12.3 Å². The lowest BCUT2D eigenvalue weighted by Gasteiger charge is -2.06. The zero-order chi connectivity index (χ0) is 19.6. The third-order valence-electron chi connectivity index (χ3n) is 3.45. The molecular formula is C16H12F4N4O2S. The normalized spacial score (nSPS) is 11.6. The van der Waals surface area contributed by atoms with Crippen molar-refractivity contribution in [3.05, 3.63) is 40.8 Å². The molecule has 6 nitrogen and oxygen atoms in total. The molecule has 0 radical (unpaired) electrons. The zero-order valence-electron chi connectivity index (χ0n) is 13.5. The van der Waals surface area contributed by atoms with Crippen LogP contribution < -0.4 is 10.6 Å². The molecule has 0 saturated heterocycles. The number of thiophene rings is 1. The average molecular weight is 400 g/mol. The monoisotopic (exact) mass is 400 g/mol. The fraction of sp³-hybridized carbons (Fsp3) is 0.188. The lowest BCUT2D eigenvalue weighted by Crippen LogP contribution is -2.33. The summed E-state index contributed by atoms with van der Waals surface area (Å²) in [6, 6.07) is 4.85. The van der Waals surface area contributed by atoms with Gasteiger partial charge in [0.05, 0.1) is 11.1 Å². The minimum Gasteiger partial charge on any atom is -0.342 e. The molecule has 3 rings (SSSR count). The molecule has 11 heteroatoms. The molecule has 0 aromatic carbocycles. The van der Waals surface area contributed by atoms with Crippen molar-refractivity contribution in [3.63, 3.8) is 0 Å². The summed E-state index contributed by atoms with van der Waals surface area (Å²) in [5.74, 6) is -1.43. The largest absolute Gasteiger partial charge is 0.405 e. The maximum Gasteiger partial charge on any atom is 0.405 e. The molecule has 3 aromatic heterocycles. The van der Waals surface area contributed by atoms with E-state index in [9.17, 15) is 27.2 Å². The highest BCUT2D eigenvalue weighted by Gasteiger charge is 2.28. The SMILES string of the molecule is O=C(CF)Nc1cn2cc(-c3csc(C(=O)NCC(F)(F)F)c3)ccc2n1. The van der Waals surface area contributed by atoms with Crippen LogP contribution in [-0.4, -0.2) is 40.6 Å². The molecule has 3 heterocycles. The fourth-order valence-corrected chi connectivity index (χ4v) is 3.11. The van der Waals surface area contributed by atoms with E-state index in [2.05, 4.69) is 10.3 Å². The van der Waals surface area contributed by atoms with E-state index < -0.39 is 31.2 Å². The van der Waals surface area contributed by atoms with E-state index in [4.69, 9.17) is 0 Å². The highest BCUT2D eigenvalue weighted by Crippen LogP contribution is 2.26. The number of aromatic nitrogens is 2. The zero-order valence-corrected chi connectivity index (χ0v) is 14.3. The Hall–Kier alpha value is -2.95. The summed E-state index contributed by atoms with van der Waals surface area (Å²) in [6.45, 7) is -2.55. The van der Waals surface area contributed by atoms with Gasteiger partial charge in [0, 0.05) is 6.20 Å². The Morgan fingerprint density at radius 2 is 1.96 bits per heavy atom. The summed E-state index contributed by atoms with van der Waals surface area (Å²) in [5.41, 5.74) is 1.84. The third kappa shape index (κ3) is 4.61. The topological polar surface area (TPSA) is 75.5 Å². The predicted octanol–water partition coefficient (Wildman–Crippen LogP) is 3.26. The van der Waals surface area contributed by atoms with Crippen LogP contribution in [-0.2, 0) is 4.79 Å². The molecule has 0 fully saturated rings. The van der Waals surface area contributed by atoms with Crippen LogP contribution in [0.25, 0.3) is 16.8 Å². The molecule has 2 N–H and O–H groups in total. The van der Waals surface area contributed by atoms with Gasteiger partial charge in [0.2, 0.25) is 0 Å². The summed E-state index contributed by atoms with van der Waals surface area (Å²) in [5, 5.41) is 5.76. The Bertz CT molecular complexity index is 996. The van der Waals surface area contributed by atoms with Crippen LogP contribution in [0.1, 0.15) is 9.67 Å². The van der Waals surface area contributed by atoms with Gasteiger partial charge in [-0.15, -0.1) is 11.3 Å². The van der Waals surface area contributed by atoms with Gasteiger partial charge in [-0.1, -0.05) is 0 Å². The molecule has 142 valence electrons. The summed E-state index contributed by atoms with van der Waals surface area (Å²) < 4.78 is 50.4. The molecule has 0 bridgehead atoms. The number of alkyl halides is 4. The van der Waals surface area contributed by atoms with Gasteiger partial charge in [0.1, 0.15) is 12.2 Å². The highest BCUT2D eigenvalue weighted by atomic mass is 32.1. The molecule has 3 aromatic rings. The Labute approximate surface area is 153 Å². The van der Waals surface area contributed by atoms with Crippen LogP contribution in [0, 0.1) is 0 Å². The van der Waals surface area contributed by atoms with Crippen molar-refractivity contribution in [3.8, 4) is 11.1 Å². The molecular weight excluding hydrogens is 388 g/mol. The molecule has 2 amide bonds. The number of pyridine rings is 1. The summed E-state index contributed by atoms with van der Waals surface area (Å²) in [6.07, 6.45) is -1.31. The molecule has 0 aliphatic carbocycles. The van der Waals surface area contributed by atoms with E-state index in [0.29, 0.717) is 16.8 Å². The number of fused-ring (bicyclic) bond motifs is 1. The average Bonchev–Trinajstić information content (AvgIpc) is 3.24. The second kappa shape index (κ2) is 7.35. The van der Waals surface area contributed by atoms with Crippen molar-refractivity contribution in [1.82, 2.24) is 14.7 Å². The number of carbonyl (C=O) groups is 2. The van der Waals surface area contributed by atoms with E-state index in [1.807, 2.05) is 5.32 Å². The quantitative estimate of drug-likeness (QED) is 0.646. The Morgan fingerprint density at radius 1 is 1.19 bits per heavy atom. The van der Waals surface area contributed by atoms with Crippen LogP contribution in [0.3, 0.4) is 0 Å². The van der Waals surface area contributed by atoms with Crippen molar-refractivity contribution in [1.29, 1.82) is 0 Å². The minimum absolute atomic E-state index is 0.149. The van der Waals surface area contributed by atoms with Gasteiger partial charge in [-0.3, -0.25) is 9.59 Å². The first-order valence-electron chi connectivity index (χ1n) is 7.53. The van der Waals surface area contributed by atoms with Crippen LogP contribution in [0.15, 0.2) is 36.0 Å². The second-order valence-corrected chi connectivity index (χ2v) is 6.40. The number of anilines is 1. The number of halogens is 4. The van der Waals surface area contributed by atoms with Gasteiger partial charge in [-0.25, -0.2) is 9.37 Å². The van der Waals surface area contributed by atoms with Crippen molar-refractivity contribution in [2.75, 3.05) is 18.5 Å². The van der Waals surface area contributed by atoms with Gasteiger partial charge >= 0.3 is 6.18 Å². The molecule has 0 saturated carbocycles. The number of carbonyl (C=O) groups excluding carboxylic acids is 2. The van der Waals surface area contributed by atoms with Crippen molar-refractivity contribution < 1.29 is 27.2 Å². The van der Waals surface area contributed by atoms with Gasteiger partial charge < -0.3 is 15.0 Å². The van der Waals surface area contributed by atoms with Crippen molar-refractivity contribution in [2.24, 2.45) is 0 Å². The van der Waals surface area contributed by atoms with Gasteiger partial charge in [-0.05, 0) is 34.7 Å². The van der Waals surface area contributed by atoms with Crippen LogP contribution in [0.5, 0.6) is 0 Å². The number of rotatable bonds is 5. The standard InChI is InChI=1S/C16H12F4N4O2S/c17-4-14(25)23-12-6-24-5-9(1-2-13(24)22-12)10-3-11(27-7-10)15(26)21-8-16(18,19)20/h1-3,5-7H,4,8H2,(H,21,26)(H,23,25). The maximum absolute atomic E-state index is 12.3. The maximum atomic E-state index is 12.3. The molecule has 0 unspecified atom stereocenters. The number of imidazole rings is 1. The van der Waals surface area contributed by atoms with E-state index in [-0.39, 0.29) is 10.7 Å². The number of nitrogens with zero attached hydrogens (tertiary/aromatic N) is 2. The Kier molecular flexibility index (Phi) is 5.13. The van der Waals surface area contributed by atoms with E-state index in [1.54, 1.807) is 28.1 Å². The number of nitrogens with one attached hydrogen (secondary N) is 2. The van der Waals surface area contributed by atoms with Gasteiger partial charge in [0.15, 0.2) is 12.5 Å². The first kappa shape index (κ1) is 18.8. The fourth-order valence-electron chi connectivity index (χ4n) is 2.27. The van der Waals surface area contributed by atoms with E-state index >= 15 is 0 Å². The second-order valence-electron chi connectivity index (χ2n) is 5.49. The molecule has 0 atom stereocenters. The van der Waals surface area contributed by atoms with Crippen LogP contribution in [0.4, 0.5) is 23.4 Å². The van der Waals surface area contributed by atoms with Crippen molar-refractivity contribution >= 4 is 34.6 Å². The number of hydrogen-bond acceptors (Lipinski definition) is 4. The third-order valence-corrected chi connectivity index (χ3v) is 4.37. The van der Waals surface area contributed by atoms with Gasteiger partial charge in [-0.2, -0.15) is 13.2 Å². The van der Waals surface area contributed by atoms with Crippen molar-refractivity contribution in [2.45, 2.75) is 6.18 Å². The molecule has 0 spiro atoms. The predicted molar refractivity (Wildman–Crippen MR) is 91.5 cm³/mol. The lowest BCUT2D eigenvalue weighted by molar-refractivity contribution is -0.123. The summed E-state index contributed by atoms with van der Waals surface area (Å²) in [7, 11) is 0. The van der Waals surface area contributed by atoms with Crippen LogP contribution in [0.2, 0.25) is 0 Å².